The number of nitrogens with one attached hydrogen (secondary N) is 1. The average Bonchev–Trinajstić information content (AvgIpc) is 2.34. The third-order valence-corrected chi connectivity index (χ3v) is 2.52. The van der Waals surface area contributed by atoms with Crippen molar-refractivity contribution >= 4 is 6.09 Å². The van der Waals surface area contributed by atoms with E-state index in [1.165, 1.54) is 0 Å². The maximum absolute atomic E-state index is 11.6. The van der Waals surface area contributed by atoms with Crippen LogP contribution in [0, 0.1) is 6.92 Å². The van der Waals surface area contributed by atoms with E-state index >= 15 is 0 Å². The van der Waals surface area contributed by atoms with Crippen molar-refractivity contribution in [3.05, 3.63) is 29.6 Å². The number of rotatable bonds is 4. The minimum absolute atomic E-state index is 0.380. The molecule has 2 atom stereocenters. The van der Waals surface area contributed by atoms with Gasteiger partial charge >= 0.3 is 6.09 Å². The number of hydrogen-bond acceptors (Lipinski definition) is 5. The molecule has 1 rings (SSSR count). The first-order valence-corrected chi connectivity index (χ1v) is 6.44. The number of carbonyl (C=O) groups is 1. The summed E-state index contributed by atoms with van der Waals surface area (Å²) in [6, 6.07) is 2.58. The zero-order valence-corrected chi connectivity index (χ0v) is 12.3. The highest BCUT2D eigenvalue weighted by molar-refractivity contribution is 5.68. The van der Waals surface area contributed by atoms with Crippen LogP contribution in [-0.4, -0.2) is 39.5 Å². The number of aromatic nitrogens is 1. The first-order chi connectivity index (χ1) is 9.23. The van der Waals surface area contributed by atoms with Gasteiger partial charge in [0.1, 0.15) is 11.7 Å². The molecule has 0 aromatic carbocycles. The molecule has 0 saturated heterocycles. The molecule has 112 valence electrons. The van der Waals surface area contributed by atoms with Gasteiger partial charge in [0, 0.05) is 6.20 Å². The molecule has 0 radical (unpaired) electrons. The Labute approximate surface area is 118 Å². The third kappa shape index (κ3) is 5.14. The minimum Gasteiger partial charge on any atom is -0.444 e. The van der Waals surface area contributed by atoms with E-state index in [4.69, 9.17) is 4.74 Å². The maximum Gasteiger partial charge on any atom is 0.408 e. The number of amides is 1. The number of ether oxygens (including phenoxy) is 1. The molecule has 1 unspecified atom stereocenters. The largest absolute Gasteiger partial charge is 0.444 e. The van der Waals surface area contributed by atoms with E-state index in [2.05, 4.69) is 10.3 Å². The van der Waals surface area contributed by atoms with Gasteiger partial charge in [-0.25, -0.2) is 4.79 Å². The molecule has 20 heavy (non-hydrogen) atoms. The molecule has 0 saturated carbocycles. The Kier molecular flexibility index (Phi) is 5.47. The molecule has 1 aromatic rings. The Hall–Kier alpha value is -1.66. The van der Waals surface area contributed by atoms with Crippen molar-refractivity contribution in [3.63, 3.8) is 0 Å². The van der Waals surface area contributed by atoms with Gasteiger partial charge in [0.05, 0.1) is 18.3 Å². The summed E-state index contributed by atoms with van der Waals surface area (Å²) >= 11 is 0. The number of aliphatic hydroxyl groups is 2. The fraction of sp³-hybridized carbons (Fsp3) is 0.571. The Balaban J connectivity index is 2.70. The van der Waals surface area contributed by atoms with Crippen LogP contribution < -0.4 is 5.32 Å². The molecule has 3 N–H and O–H groups in total. The zero-order chi connectivity index (χ0) is 15.3. The highest BCUT2D eigenvalue weighted by Crippen LogP contribution is 2.15. The molecule has 1 amide bonds. The van der Waals surface area contributed by atoms with Crippen LogP contribution in [0.5, 0.6) is 0 Å². The first-order valence-electron chi connectivity index (χ1n) is 6.44. The molecule has 0 bridgehead atoms. The normalized spacial score (nSPS) is 14.5. The van der Waals surface area contributed by atoms with Crippen LogP contribution in [0.1, 0.15) is 38.1 Å². The van der Waals surface area contributed by atoms with Crippen LogP contribution in [0.4, 0.5) is 4.79 Å². The molecule has 6 nitrogen and oxygen atoms in total. The fourth-order valence-electron chi connectivity index (χ4n) is 1.54. The lowest BCUT2D eigenvalue weighted by Gasteiger charge is -2.25. The average molecular weight is 282 g/mol. The summed E-state index contributed by atoms with van der Waals surface area (Å²) in [6.45, 7) is 6.66. The van der Waals surface area contributed by atoms with Gasteiger partial charge < -0.3 is 20.3 Å². The van der Waals surface area contributed by atoms with Crippen LogP contribution >= 0.6 is 0 Å². The lowest BCUT2D eigenvalue weighted by molar-refractivity contribution is 0.0343. The van der Waals surface area contributed by atoms with E-state index in [1.54, 1.807) is 39.1 Å². The Bertz CT molecular complexity index is 439. The van der Waals surface area contributed by atoms with Crippen molar-refractivity contribution in [3.8, 4) is 0 Å². The molecular weight excluding hydrogens is 260 g/mol. The standard InChI is InChI=1S/C14H22N2O4/c1-9-5-6-10(15-7-9)12(18)11(8-17)16-13(19)20-14(2,3)4/h5-7,11-12,17-18H,8H2,1-4H3,(H,16,19)/t11-,12?/m0/s1. The van der Waals surface area contributed by atoms with E-state index < -0.39 is 30.4 Å². The summed E-state index contributed by atoms with van der Waals surface area (Å²) in [5.74, 6) is 0. The number of aliphatic hydroxyl groups excluding tert-OH is 2. The Morgan fingerprint density at radius 3 is 2.55 bits per heavy atom. The number of pyridine rings is 1. The van der Waals surface area contributed by atoms with Crippen LogP contribution in [-0.2, 0) is 4.74 Å². The summed E-state index contributed by atoms with van der Waals surface area (Å²) < 4.78 is 5.08. The van der Waals surface area contributed by atoms with E-state index in [0.29, 0.717) is 5.69 Å². The monoisotopic (exact) mass is 282 g/mol. The van der Waals surface area contributed by atoms with Gasteiger partial charge in [-0.05, 0) is 39.3 Å². The SMILES string of the molecule is Cc1ccc(C(O)[C@H](CO)NC(=O)OC(C)(C)C)nc1. The topological polar surface area (TPSA) is 91.7 Å². The molecule has 0 aliphatic rings. The Morgan fingerprint density at radius 2 is 2.10 bits per heavy atom. The number of nitrogens with zero attached hydrogens (tertiary/aromatic N) is 1. The van der Waals surface area contributed by atoms with Crippen molar-refractivity contribution in [1.82, 2.24) is 10.3 Å². The molecule has 6 heteroatoms. The summed E-state index contributed by atoms with van der Waals surface area (Å²) in [4.78, 5) is 15.7. The molecule has 1 aromatic heterocycles. The van der Waals surface area contributed by atoms with Gasteiger partial charge in [0.15, 0.2) is 0 Å². The zero-order valence-electron chi connectivity index (χ0n) is 12.3. The van der Waals surface area contributed by atoms with Crippen molar-refractivity contribution in [1.29, 1.82) is 0 Å². The Morgan fingerprint density at radius 1 is 1.45 bits per heavy atom. The number of aryl methyl sites for hydroxylation is 1. The van der Waals surface area contributed by atoms with Crippen molar-refractivity contribution in [2.24, 2.45) is 0 Å². The fourth-order valence-corrected chi connectivity index (χ4v) is 1.54. The summed E-state index contributed by atoms with van der Waals surface area (Å²) in [5.41, 5.74) is 0.698. The summed E-state index contributed by atoms with van der Waals surface area (Å²) in [5, 5.41) is 21.9. The van der Waals surface area contributed by atoms with E-state index in [1.807, 2.05) is 6.92 Å². The van der Waals surface area contributed by atoms with Crippen LogP contribution in [0.3, 0.4) is 0 Å². The first kappa shape index (κ1) is 16.4. The van der Waals surface area contributed by atoms with Crippen LogP contribution in [0.15, 0.2) is 18.3 Å². The van der Waals surface area contributed by atoms with Crippen molar-refractivity contribution in [2.45, 2.75) is 45.4 Å². The highest BCUT2D eigenvalue weighted by atomic mass is 16.6. The second kappa shape index (κ2) is 6.67. The lowest BCUT2D eigenvalue weighted by Crippen LogP contribution is -2.44. The van der Waals surface area contributed by atoms with Crippen molar-refractivity contribution < 1.29 is 19.7 Å². The predicted molar refractivity (Wildman–Crippen MR) is 74.2 cm³/mol. The molecule has 1 heterocycles. The third-order valence-electron chi connectivity index (χ3n) is 2.52. The molecule has 0 fully saturated rings. The van der Waals surface area contributed by atoms with Gasteiger partial charge in [-0.15, -0.1) is 0 Å². The lowest BCUT2D eigenvalue weighted by atomic mass is 10.1. The van der Waals surface area contributed by atoms with Gasteiger partial charge in [0.25, 0.3) is 0 Å². The summed E-state index contributed by atoms with van der Waals surface area (Å²) in [7, 11) is 0. The molecule has 0 aliphatic heterocycles. The second-order valence-corrected chi connectivity index (χ2v) is 5.64. The van der Waals surface area contributed by atoms with E-state index in [-0.39, 0.29) is 0 Å². The quantitative estimate of drug-likeness (QED) is 0.774. The number of hydrogen-bond donors (Lipinski definition) is 3. The predicted octanol–water partition coefficient (Wildman–Crippen LogP) is 1.31. The van der Waals surface area contributed by atoms with E-state index in [9.17, 15) is 15.0 Å². The van der Waals surface area contributed by atoms with Crippen LogP contribution in [0.2, 0.25) is 0 Å². The second-order valence-electron chi connectivity index (χ2n) is 5.64. The molecule has 0 spiro atoms. The maximum atomic E-state index is 11.6. The van der Waals surface area contributed by atoms with Crippen LogP contribution in [0.25, 0.3) is 0 Å². The molecule has 0 aliphatic carbocycles. The number of carbonyl (C=O) groups excluding carboxylic acids is 1. The minimum atomic E-state index is -1.10. The van der Waals surface area contributed by atoms with Gasteiger partial charge in [-0.3, -0.25) is 4.98 Å². The van der Waals surface area contributed by atoms with Crippen molar-refractivity contribution in [2.75, 3.05) is 6.61 Å². The molecular formula is C14H22N2O4. The number of alkyl carbamates (subject to hydrolysis) is 1. The van der Waals surface area contributed by atoms with E-state index in [0.717, 1.165) is 5.56 Å². The van der Waals surface area contributed by atoms with Gasteiger partial charge in [-0.2, -0.15) is 0 Å². The summed E-state index contributed by atoms with van der Waals surface area (Å²) in [6.07, 6.45) is -0.184. The van der Waals surface area contributed by atoms with Gasteiger partial charge in [0.2, 0.25) is 0 Å². The smallest absolute Gasteiger partial charge is 0.408 e. The van der Waals surface area contributed by atoms with Gasteiger partial charge in [-0.1, -0.05) is 6.07 Å². The highest BCUT2D eigenvalue weighted by Gasteiger charge is 2.25.